The Labute approximate surface area is 171 Å². The molecule has 0 amide bonds. The highest BCUT2D eigenvalue weighted by molar-refractivity contribution is 6.03. The topological polar surface area (TPSA) is 31.2 Å². The van der Waals surface area contributed by atoms with Crippen molar-refractivity contribution in [3.05, 3.63) is 65.6 Å². The van der Waals surface area contributed by atoms with E-state index in [9.17, 15) is 9.18 Å². The van der Waals surface area contributed by atoms with Crippen molar-refractivity contribution in [2.24, 2.45) is 0 Å². The minimum absolute atomic E-state index is 0.173. The number of hydrogen-bond acceptors (Lipinski definition) is 2. The normalized spacial score (nSPS) is 12.6. The van der Waals surface area contributed by atoms with Gasteiger partial charge < -0.3 is 9.30 Å². The zero-order valence-electron chi connectivity index (χ0n) is 17.9. The van der Waals surface area contributed by atoms with E-state index in [4.69, 9.17) is 4.74 Å². The lowest BCUT2D eigenvalue weighted by Gasteiger charge is -2.20. The van der Waals surface area contributed by atoms with Crippen molar-refractivity contribution < 1.29 is 13.9 Å². The SMILES string of the molecule is C/C(=C\c1c(-c2ccc(F)cc2)c2ccccc2n1C(C)C)C(=O)OC(C)(C)C. The Balaban J connectivity index is 2.28. The Morgan fingerprint density at radius 3 is 2.28 bits per heavy atom. The molecule has 0 spiro atoms. The van der Waals surface area contributed by atoms with Gasteiger partial charge in [-0.1, -0.05) is 30.3 Å². The molecule has 0 N–H and O–H groups in total. The molecular weight excluding hydrogens is 365 g/mol. The molecule has 1 heterocycles. The second-order valence-electron chi connectivity index (χ2n) is 8.58. The van der Waals surface area contributed by atoms with Gasteiger partial charge in [-0.2, -0.15) is 0 Å². The van der Waals surface area contributed by atoms with E-state index in [-0.39, 0.29) is 17.8 Å². The number of halogens is 1. The smallest absolute Gasteiger partial charge is 0.334 e. The molecule has 0 saturated carbocycles. The zero-order chi connectivity index (χ0) is 21.3. The minimum Gasteiger partial charge on any atom is -0.457 e. The lowest BCUT2D eigenvalue weighted by atomic mass is 10.0. The number of benzene rings is 2. The standard InChI is InChI=1S/C25H28FNO2/c1-16(2)27-21-10-8-7-9-20(21)23(18-11-13-19(26)14-12-18)22(27)15-17(3)24(28)29-25(4,5)6/h7-16H,1-6H3/b17-15+. The molecule has 3 nitrogen and oxygen atoms in total. The predicted molar refractivity (Wildman–Crippen MR) is 117 cm³/mol. The van der Waals surface area contributed by atoms with Crippen LogP contribution in [-0.2, 0) is 9.53 Å². The van der Waals surface area contributed by atoms with E-state index in [1.807, 2.05) is 39.0 Å². The number of carbonyl (C=O) groups excluding carboxylic acids is 1. The van der Waals surface area contributed by atoms with E-state index >= 15 is 0 Å². The second kappa shape index (κ2) is 7.86. The van der Waals surface area contributed by atoms with Gasteiger partial charge in [-0.25, -0.2) is 9.18 Å². The van der Waals surface area contributed by atoms with Gasteiger partial charge in [0.25, 0.3) is 0 Å². The molecule has 3 aromatic rings. The first-order valence-electron chi connectivity index (χ1n) is 9.89. The maximum atomic E-state index is 13.5. The number of para-hydroxylation sites is 1. The Morgan fingerprint density at radius 1 is 1.07 bits per heavy atom. The minimum atomic E-state index is -0.559. The van der Waals surface area contributed by atoms with Crippen molar-refractivity contribution in [1.82, 2.24) is 4.57 Å². The van der Waals surface area contributed by atoms with E-state index < -0.39 is 5.60 Å². The molecule has 0 fully saturated rings. The largest absolute Gasteiger partial charge is 0.457 e. The van der Waals surface area contributed by atoms with Gasteiger partial charge in [-0.05, 0) is 71.4 Å². The van der Waals surface area contributed by atoms with Crippen LogP contribution in [0, 0.1) is 5.82 Å². The summed E-state index contributed by atoms with van der Waals surface area (Å²) in [5.41, 5.74) is 3.84. The van der Waals surface area contributed by atoms with E-state index in [1.165, 1.54) is 12.1 Å². The molecule has 1 aromatic heterocycles. The van der Waals surface area contributed by atoms with Gasteiger partial charge in [0, 0.05) is 28.1 Å². The van der Waals surface area contributed by atoms with Crippen molar-refractivity contribution in [3.63, 3.8) is 0 Å². The van der Waals surface area contributed by atoms with Gasteiger partial charge in [0.2, 0.25) is 0 Å². The quantitative estimate of drug-likeness (QED) is 0.362. The summed E-state index contributed by atoms with van der Waals surface area (Å²) in [7, 11) is 0. The third-order valence-electron chi connectivity index (χ3n) is 4.67. The number of ether oxygens (including phenoxy) is 1. The van der Waals surface area contributed by atoms with Crippen LogP contribution in [0.3, 0.4) is 0 Å². The molecule has 3 rings (SSSR count). The van der Waals surface area contributed by atoms with E-state index in [0.29, 0.717) is 5.57 Å². The molecule has 152 valence electrons. The Hall–Kier alpha value is -2.88. The molecule has 0 saturated heterocycles. The van der Waals surface area contributed by atoms with E-state index in [2.05, 4.69) is 30.5 Å². The van der Waals surface area contributed by atoms with Gasteiger partial charge in [0.1, 0.15) is 11.4 Å². The fourth-order valence-electron chi connectivity index (χ4n) is 3.52. The summed E-state index contributed by atoms with van der Waals surface area (Å²) >= 11 is 0. The first-order valence-corrected chi connectivity index (χ1v) is 9.89. The van der Waals surface area contributed by atoms with Crippen LogP contribution in [0.15, 0.2) is 54.1 Å². The molecule has 0 bridgehead atoms. The average molecular weight is 394 g/mol. The van der Waals surface area contributed by atoms with Crippen LogP contribution >= 0.6 is 0 Å². The molecular formula is C25H28FNO2. The van der Waals surface area contributed by atoms with Crippen LogP contribution in [0.2, 0.25) is 0 Å². The van der Waals surface area contributed by atoms with Crippen molar-refractivity contribution in [2.45, 2.75) is 53.2 Å². The molecule has 0 atom stereocenters. The lowest BCUT2D eigenvalue weighted by Crippen LogP contribution is -2.24. The number of nitrogens with zero attached hydrogens (tertiary/aromatic N) is 1. The number of aromatic nitrogens is 1. The fraction of sp³-hybridized carbons (Fsp3) is 0.320. The third-order valence-corrected chi connectivity index (χ3v) is 4.67. The van der Waals surface area contributed by atoms with Crippen molar-refractivity contribution in [3.8, 4) is 11.1 Å². The zero-order valence-corrected chi connectivity index (χ0v) is 17.9. The summed E-state index contributed by atoms with van der Waals surface area (Å²) in [5.74, 6) is -0.619. The summed E-state index contributed by atoms with van der Waals surface area (Å²) in [5, 5.41) is 1.07. The van der Waals surface area contributed by atoms with Gasteiger partial charge >= 0.3 is 5.97 Å². The van der Waals surface area contributed by atoms with Crippen LogP contribution < -0.4 is 0 Å². The number of carbonyl (C=O) groups is 1. The number of esters is 1. The first kappa shape index (κ1) is 20.8. The number of fused-ring (bicyclic) bond motifs is 1. The maximum Gasteiger partial charge on any atom is 0.334 e. The Morgan fingerprint density at radius 2 is 1.69 bits per heavy atom. The number of hydrogen-bond donors (Lipinski definition) is 0. The molecule has 4 heteroatoms. The summed E-state index contributed by atoms with van der Waals surface area (Å²) in [6.07, 6.45) is 1.88. The van der Waals surface area contributed by atoms with Crippen LogP contribution in [0.5, 0.6) is 0 Å². The first-order chi connectivity index (χ1) is 13.6. The van der Waals surface area contributed by atoms with E-state index in [1.54, 1.807) is 19.1 Å². The Bertz CT molecular complexity index is 1070. The molecule has 2 aromatic carbocycles. The molecule has 29 heavy (non-hydrogen) atoms. The van der Waals surface area contributed by atoms with Crippen molar-refractivity contribution in [1.29, 1.82) is 0 Å². The lowest BCUT2D eigenvalue weighted by molar-refractivity contribution is -0.149. The maximum absolute atomic E-state index is 13.5. The summed E-state index contributed by atoms with van der Waals surface area (Å²) in [6, 6.07) is 14.8. The monoisotopic (exact) mass is 393 g/mol. The highest BCUT2D eigenvalue weighted by Gasteiger charge is 2.22. The summed E-state index contributed by atoms with van der Waals surface area (Å²) in [6.45, 7) is 11.6. The summed E-state index contributed by atoms with van der Waals surface area (Å²) in [4.78, 5) is 12.6. The van der Waals surface area contributed by atoms with Crippen molar-refractivity contribution in [2.75, 3.05) is 0 Å². The fourth-order valence-corrected chi connectivity index (χ4v) is 3.52. The number of rotatable bonds is 4. The van der Waals surface area contributed by atoms with Crippen LogP contribution in [-0.4, -0.2) is 16.1 Å². The highest BCUT2D eigenvalue weighted by Crippen LogP contribution is 2.38. The van der Waals surface area contributed by atoms with Gasteiger partial charge in [-0.15, -0.1) is 0 Å². The predicted octanol–water partition coefficient (Wildman–Crippen LogP) is 6.77. The molecule has 0 aliphatic heterocycles. The van der Waals surface area contributed by atoms with Crippen LogP contribution in [0.4, 0.5) is 4.39 Å². The summed E-state index contributed by atoms with van der Waals surface area (Å²) < 4.78 is 21.3. The van der Waals surface area contributed by atoms with Gasteiger partial charge in [0.05, 0.1) is 5.69 Å². The molecule has 0 unspecified atom stereocenters. The third kappa shape index (κ3) is 4.42. The molecule has 0 radical (unpaired) electrons. The molecule has 0 aliphatic rings. The Kier molecular flexibility index (Phi) is 5.65. The van der Waals surface area contributed by atoms with E-state index in [0.717, 1.165) is 27.7 Å². The van der Waals surface area contributed by atoms with Crippen LogP contribution in [0.25, 0.3) is 28.1 Å². The second-order valence-corrected chi connectivity index (χ2v) is 8.58. The van der Waals surface area contributed by atoms with Crippen LogP contribution in [0.1, 0.15) is 53.3 Å². The molecule has 0 aliphatic carbocycles. The van der Waals surface area contributed by atoms with Gasteiger partial charge in [0.15, 0.2) is 0 Å². The van der Waals surface area contributed by atoms with Crippen molar-refractivity contribution >= 4 is 22.9 Å². The van der Waals surface area contributed by atoms with Gasteiger partial charge in [-0.3, -0.25) is 0 Å². The highest BCUT2D eigenvalue weighted by atomic mass is 19.1. The average Bonchev–Trinajstić information content (AvgIpc) is 2.95.